The van der Waals surface area contributed by atoms with Gasteiger partial charge in [-0.2, -0.15) is 5.10 Å². The maximum atomic E-state index is 14.1. The molecule has 0 unspecified atom stereocenters. The highest BCUT2D eigenvalue weighted by Gasteiger charge is 2.26. The number of hydrogen-bond acceptors (Lipinski definition) is 2. The summed E-state index contributed by atoms with van der Waals surface area (Å²) in [6.45, 7) is 6.61. The topological polar surface area (TPSA) is 38.1 Å². The van der Waals surface area contributed by atoms with Crippen LogP contribution in [0.1, 0.15) is 40.9 Å². The number of nitrogens with zero attached hydrogens (tertiary/aromatic N) is 3. The Balaban J connectivity index is 1.81. The average Bonchev–Trinajstić information content (AvgIpc) is 2.81. The summed E-state index contributed by atoms with van der Waals surface area (Å²) in [5.41, 5.74) is 5.65. The first-order valence-electron chi connectivity index (χ1n) is 8.47. The lowest BCUT2D eigenvalue weighted by atomic mass is 9.96. The highest BCUT2D eigenvalue weighted by molar-refractivity contribution is 5.95. The van der Waals surface area contributed by atoms with E-state index in [-0.39, 0.29) is 11.7 Å². The summed E-state index contributed by atoms with van der Waals surface area (Å²) >= 11 is 0. The first-order chi connectivity index (χ1) is 11.4. The standard InChI is InChI=1S/C19H24FN3O/c1-12-7-9-17(20)16-6-5-11-23(19(12)16)18(24)10-8-15-13(2)21-22(4)14(15)3/h7,9H,5-6,8,10-11H2,1-4H3. The fourth-order valence-corrected chi connectivity index (χ4v) is 3.66. The van der Waals surface area contributed by atoms with Crippen LogP contribution in [0.15, 0.2) is 12.1 Å². The predicted molar refractivity (Wildman–Crippen MR) is 92.8 cm³/mol. The Kier molecular flexibility index (Phi) is 4.43. The minimum Gasteiger partial charge on any atom is -0.312 e. The van der Waals surface area contributed by atoms with E-state index < -0.39 is 0 Å². The third-order valence-corrected chi connectivity index (χ3v) is 5.05. The molecule has 1 aromatic heterocycles. The van der Waals surface area contributed by atoms with Crippen LogP contribution in [0.4, 0.5) is 10.1 Å². The van der Waals surface area contributed by atoms with E-state index in [4.69, 9.17) is 0 Å². The lowest BCUT2D eigenvalue weighted by Crippen LogP contribution is -2.36. The Labute approximate surface area is 142 Å². The van der Waals surface area contributed by atoms with Crippen molar-refractivity contribution in [2.45, 2.75) is 46.5 Å². The van der Waals surface area contributed by atoms with E-state index in [2.05, 4.69) is 5.10 Å². The van der Waals surface area contributed by atoms with Crippen molar-refractivity contribution in [3.05, 3.63) is 46.0 Å². The van der Waals surface area contributed by atoms with E-state index in [1.54, 1.807) is 11.0 Å². The van der Waals surface area contributed by atoms with Crippen molar-refractivity contribution in [3.8, 4) is 0 Å². The van der Waals surface area contributed by atoms with Crippen LogP contribution < -0.4 is 4.90 Å². The molecule has 1 aliphatic rings. The minimum absolute atomic E-state index is 0.0623. The second-order valence-corrected chi connectivity index (χ2v) is 6.61. The Morgan fingerprint density at radius 1 is 1.29 bits per heavy atom. The van der Waals surface area contributed by atoms with Gasteiger partial charge in [0.05, 0.1) is 11.4 Å². The number of carbonyl (C=O) groups excluding carboxylic acids is 1. The summed E-state index contributed by atoms with van der Waals surface area (Å²) in [5.74, 6) is -0.139. The van der Waals surface area contributed by atoms with Gasteiger partial charge in [-0.3, -0.25) is 9.48 Å². The SMILES string of the molecule is Cc1ccc(F)c2c1N(C(=O)CCc1c(C)nn(C)c1C)CCC2. The zero-order chi connectivity index (χ0) is 17.4. The molecule has 0 saturated heterocycles. The zero-order valence-electron chi connectivity index (χ0n) is 14.8. The summed E-state index contributed by atoms with van der Waals surface area (Å²) < 4.78 is 16.0. The van der Waals surface area contributed by atoms with E-state index in [0.29, 0.717) is 31.4 Å². The molecular formula is C19H24FN3O. The Morgan fingerprint density at radius 2 is 2.04 bits per heavy atom. The fraction of sp³-hybridized carbons (Fsp3) is 0.474. The van der Waals surface area contributed by atoms with Crippen LogP contribution in [0.5, 0.6) is 0 Å². The van der Waals surface area contributed by atoms with Gasteiger partial charge < -0.3 is 4.90 Å². The molecule has 128 valence electrons. The van der Waals surface area contributed by atoms with Crippen LogP contribution in [-0.4, -0.2) is 22.2 Å². The van der Waals surface area contributed by atoms with Crippen LogP contribution >= 0.6 is 0 Å². The summed E-state index contributed by atoms with van der Waals surface area (Å²) in [6.07, 6.45) is 2.60. The Morgan fingerprint density at radius 3 is 2.71 bits per heavy atom. The molecule has 0 fully saturated rings. The number of halogens is 1. The number of anilines is 1. The van der Waals surface area contributed by atoms with E-state index in [9.17, 15) is 9.18 Å². The average molecular weight is 329 g/mol. The molecule has 0 radical (unpaired) electrons. The number of benzene rings is 1. The summed E-state index contributed by atoms with van der Waals surface area (Å²) in [5, 5.41) is 4.40. The maximum Gasteiger partial charge on any atom is 0.227 e. The van der Waals surface area contributed by atoms with Gasteiger partial charge in [-0.15, -0.1) is 0 Å². The van der Waals surface area contributed by atoms with E-state index in [1.165, 1.54) is 6.07 Å². The molecule has 0 atom stereocenters. The van der Waals surface area contributed by atoms with Crippen LogP contribution in [-0.2, 0) is 24.7 Å². The van der Waals surface area contributed by atoms with Gasteiger partial charge in [0.2, 0.25) is 5.91 Å². The molecule has 0 N–H and O–H groups in total. The first kappa shape index (κ1) is 16.7. The van der Waals surface area contributed by atoms with Gasteiger partial charge >= 0.3 is 0 Å². The third-order valence-electron chi connectivity index (χ3n) is 5.05. The van der Waals surface area contributed by atoms with Crippen molar-refractivity contribution < 1.29 is 9.18 Å². The van der Waals surface area contributed by atoms with E-state index in [0.717, 1.165) is 34.6 Å². The molecule has 2 aromatic rings. The van der Waals surface area contributed by atoms with Gasteiger partial charge in [0.1, 0.15) is 5.82 Å². The van der Waals surface area contributed by atoms with Gasteiger partial charge in [-0.05, 0) is 57.2 Å². The normalized spacial score (nSPS) is 14.0. The maximum absolute atomic E-state index is 14.1. The second kappa shape index (κ2) is 6.38. The number of fused-ring (bicyclic) bond motifs is 1. The number of carbonyl (C=O) groups is 1. The molecule has 1 amide bonds. The fourth-order valence-electron chi connectivity index (χ4n) is 3.66. The van der Waals surface area contributed by atoms with Crippen LogP contribution in [0.3, 0.4) is 0 Å². The Hall–Kier alpha value is -2.17. The van der Waals surface area contributed by atoms with Crippen molar-refractivity contribution in [2.24, 2.45) is 7.05 Å². The minimum atomic E-state index is -0.202. The molecule has 5 heteroatoms. The van der Waals surface area contributed by atoms with Crippen molar-refractivity contribution in [1.82, 2.24) is 9.78 Å². The number of hydrogen-bond donors (Lipinski definition) is 0. The van der Waals surface area contributed by atoms with E-state index >= 15 is 0 Å². The van der Waals surface area contributed by atoms with Gasteiger partial charge in [0, 0.05) is 31.3 Å². The zero-order valence-corrected chi connectivity index (χ0v) is 14.8. The molecule has 3 rings (SSSR count). The monoisotopic (exact) mass is 329 g/mol. The molecule has 1 aliphatic heterocycles. The number of amides is 1. The summed E-state index contributed by atoms with van der Waals surface area (Å²) in [6, 6.07) is 3.26. The molecule has 4 nitrogen and oxygen atoms in total. The number of aryl methyl sites for hydroxylation is 3. The summed E-state index contributed by atoms with van der Waals surface area (Å²) in [4.78, 5) is 14.6. The highest BCUT2D eigenvalue weighted by Crippen LogP contribution is 2.33. The van der Waals surface area contributed by atoms with Crippen molar-refractivity contribution in [3.63, 3.8) is 0 Å². The highest BCUT2D eigenvalue weighted by atomic mass is 19.1. The molecule has 0 saturated carbocycles. The molecule has 1 aromatic carbocycles. The third kappa shape index (κ3) is 2.83. The van der Waals surface area contributed by atoms with Gasteiger partial charge in [0.15, 0.2) is 0 Å². The molecule has 0 aliphatic carbocycles. The molecule has 0 spiro atoms. The van der Waals surface area contributed by atoms with Gasteiger partial charge in [-0.1, -0.05) is 6.07 Å². The number of rotatable bonds is 3. The van der Waals surface area contributed by atoms with Crippen molar-refractivity contribution in [1.29, 1.82) is 0 Å². The quantitative estimate of drug-likeness (QED) is 0.865. The summed E-state index contributed by atoms with van der Waals surface area (Å²) in [7, 11) is 1.92. The van der Waals surface area contributed by atoms with Crippen molar-refractivity contribution in [2.75, 3.05) is 11.4 Å². The smallest absolute Gasteiger partial charge is 0.227 e. The first-order valence-corrected chi connectivity index (χ1v) is 8.47. The lowest BCUT2D eigenvalue weighted by Gasteiger charge is -2.31. The molecular weight excluding hydrogens is 305 g/mol. The predicted octanol–water partition coefficient (Wildman–Crippen LogP) is 3.40. The van der Waals surface area contributed by atoms with Crippen LogP contribution in [0.25, 0.3) is 0 Å². The van der Waals surface area contributed by atoms with Crippen LogP contribution in [0.2, 0.25) is 0 Å². The van der Waals surface area contributed by atoms with E-state index in [1.807, 2.05) is 32.5 Å². The Bertz CT molecular complexity index is 794. The molecule has 24 heavy (non-hydrogen) atoms. The second-order valence-electron chi connectivity index (χ2n) is 6.61. The largest absolute Gasteiger partial charge is 0.312 e. The van der Waals surface area contributed by atoms with Crippen LogP contribution in [0, 0.1) is 26.6 Å². The molecule has 2 heterocycles. The molecule has 0 bridgehead atoms. The number of aromatic nitrogens is 2. The van der Waals surface area contributed by atoms with Crippen molar-refractivity contribution >= 4 is 11.6 Å². The van der Waals surface area contributed by atoms with Gasteiger partial charge in [-0.25, -0.2) is 4.39 Å². The van der Waals surface area contributed by atoms with Gasteiger partial charge in [0.25, 0.3) is 0 Å². The lowest BCUT2D eigenvalue weighted by molar-refractivity contribution is -0.118.